The van der Waals surface area contributed by atoms with Gasteiger partial charge < -0.3 is 14.5 Å². The van der Waals surface area contributed by atoms with Gasteiger partial charge in [-0.25, -0.2) is 0 Å². The van der Waals surface area contributed by atoms with Crippen LogP contribution in [0.2, 0.25) is 0 Å². The van der Waals surface area contributed by atoms with E-state index < -0.39 is 6.10 Å². The van der Waals surface area contributed by atoms with E-state index in [2.05, 4.69) is 15.2 Å². The Kier molecular flexibility index (Phi) is 3.85. The van der Waals surface area contributed by atoms with Gasteiger partial charge in [-0.3, -0.25) is 14.4 Å². The van der Waals surface area contributed by atoms with E-state index in [1.807, 2.05) is 7.05 Å². The Balaban J connectivity index is 1.47. The molecule has 4 rings (SSSR count). The van der Waals surface area contributed by atoms with Crippen LogP contribution in [-0.2, 0) is 7.05 Å². The molecule has 0 aromatic carbocycles. The Hall–Kier alpha value is -2.19. The fourth-order valence-electron chi connectivity index (χ4n) is 3.59. The molecule has 2 fully saturated rings. The summed E-state index contributed by atoms with van der Waals surface area (Å²) in [6, 6.07) is 1.66. The number of hydrogen-bond donors (Lipinski definition) is 1. The van der Waals surface area contributed by atoms with Gasteiger partial charge in [-0.1, -0.05) is 5.16 Å². The molecule has 0 bridgehead atoms. The summed E-state index contributed by atoms with van der Waals surface area (Å²) in [7, 11) is 1.82. The first kappa shape index (κ1) is 15.3. The molecule has 1 amide bonds. The van der Waals surface area contributed by atoms with Crippen molar-refractivity contribution in [2.24, 2.45) is 7.05 Å². The first-order valence-electron chi connectivity index (χ1n) is 8.29. The first-order chi connectivity index (χ1) is 11.6. The van der Waals surface area contributed by atoms with Gasteiger partial charge in [0.05, 0.1) is 23.9 Å². The second-order valence-electron chi connectivity index (χ2n) is 6.57. The molecule has 0 spiro atoms. The molecule has 0 saturated carbocycles. The summed E-state index contributed by atoms with van der Waals surface area (Å²) in [6.45, 7) is 2.88. The van der Waals surface area contributed by atoms with Crippen molar-refractivity contribution in [1.82, 2.24) is 24.7 Å². The van der Waals surface area contributed by atoms with Crippen LogP contribution in [0.4, 0.5) is 0 Å². The minimum Gasteiger partial charge on any atom is -0.390 e. The molecule has 4 heterocycles. The van der Waals surface area contributed by atoms with E-state index in [9.17, 15) is 9.90 Å². The molecule has 2 aliphatic heterocycles. The molecular formula is C16H21N5O3. The van der Waals surface area contributed by atoms with Gasteiger partial charge >= 0.3 is 0 Å². The van der Waals surface area contributed by atoms with Crippen LogP contribution in [0.3, 0.4) is 0 Å². The maximum atomic E-state index is 12.7. The molecule has 2 saturated heterocycles. The van der Waals surface area contributed by atoms with Crippen LogP contribution in [-0.4, -0.2) is 74.1 Å². The number of aliphatic hydroxyl groups excluding tert-OH is 1. The van der Waals surface area contributed by atoms with E-state index in [-0.39, 0.29) is 17.6 Å². The van der Waals surface area contributed by atoms with Gasteiger partial charge in [-0.15, -0.1) is 0 Å². The summed E-state index contributed by atoms with van der Waals surface area (Å²) >= 11 is 0. The van der Waals surface area contributed by atoms with Gasteiger partial charge in [-0.05, 0) is 25.9 Å². The second kappa shape index (κ2) is 6.03. The molecule has 2 atom stereocenters. The Morgan fingerprint density at radius 1 is 1.33 bits per heavy atom. The van der Waals surface area contributed by atoms with Gasteiger partial charge in [0.2, 0.25) is 0 Å². The van der Waals surface area contributed by atoms with Gasteiger partial charge in [0.1, 0.15) is 0 Å². The maximum absolute atomic E-state index is 12.7. The Bertz CT molecular complexity index is 734. The number of nitrogens with zero attached hydrogens (tertiary/aromatic N) is 5. The number of β-amino-alcohol motifs (C(OH)–C–C–N with tert-alkyl or cyclic N) is 1. The van der Waals surface area contributed by atoms with Crippen molar-refractivity contribution in [2.45, 2.75) is 25.0 Å². The lowest BCUT2D eigenvalue weighted by Crippen LogP contribution is -2.41. The largest absolute Gasteiger partial charge is 0.390 e. The molecule has 2 aromatic rings. The molecule has 2 aliphatic rings. The van der Waals surface area contributed by atoms with Crippen molar-refractivity contribution in [1.29, 1.82) is 0 Å². The van der Waals surface area contributed by atoms with Crippen LogP contribution in [0.1, 0.15) is 23.3 Å². The Morgan fingerprint density at radius 2 is 2.12 bits per heavy atom. The zero-order valence-electron chi connectivity index (χ0n) is 13.6. The smallest absolute Gasteiger partial charge is 0.276 e. The number of rotatable bonds is 3. The molecule has 0 aliphatic carbocycles. The van der Waals surface area contributed by atoms with Crippen LogP contribution >= 0.6 is 0 Å². The molecule has 128 valence electrons. The topological polar surface area (TPSA) is 87.6 Å². The summed E-state index contributed by atoms with van der Waals surface area (Å²) in [5.74, 6) is 0.317. The number of hydrogen-bond acceptors (Lipinski definition) is 6. The molecule has 0 unspecified atom stereocenters. The highest BCUT2D eigenvalue weighted by molar-refractivity contribution is 5.93. The second-order valence-corrected chi connectivity index (χ2v) is 6.57. The predicted molar refractivity (Wildman–Crippen MR) is 85.2 cm³/mol. The van der Waals surface area contributed by atoms with Crippen molar-refractivity contribution in [2.75, 3.05) is 26.2 Å². The molecule has 8 nitrogen and oxygen atoms in total. The summed E-state index contributed by atoms with van der Waals surface area (Å²) in [6.07, 6.45) is 5.29. The number of aryl methyl sites for hydroxylation is 1. The normalized spacial score (nSPS) is 24.8. The van der Waals surface area contributed by atoms with Crippen molar-refractivity contribution in [3.8, 4) is 11.3 Å². The van der Waals surface area contributed by atoms with E-state index in [4.69, 9.17) is 4.52 Å². The molecule has 0 radical (unpaired) electrons. The first-order valence-corrected chi connectivity index (χ1v) is 8.29. The van der Waals surface area contributed by atoms with Crippen LogP contribution in [0.5, 0.6) is 0 Å². The van der Waals surface area contributed by atoms with Crippen molar-refractivity contribution in [3.63, 3.8) is 0 Å². The molecule has 2 aromatic heterocycles. The monoisotopic (exact) mass is 331 g/mol. The Labute approximate surface area is 139 Å². The molecule has 8 heteroatoms. The SMILES string of the molecule is Cn1cc(-c2cc(C(=O)N3C[C@@H](O)[C@H](N4CCCC4)C3)no2)cn1. The van der Waals surface area contributed by atoms with Crippen molar-refractivity contribution < 1.29 is 14.4 Å². The minimum atomic E-state index is -0.503. The average Bonchev–Trinajstić information content (AvgIpc) is 3.33. The number of aliphatic hydroxyl groups is 1. The summed E-state index contributed by atoms with van der Waals surface area (Å²) < 4.78 is 6.94. The lowest BCUT2D eigenvalue weighted by molar-refractivity contribution is 0.0753. The molecule has 24 heavy (non-hydrogen) atoms. The average molecular weight is 331 g/mol. The zero-order valence-corrected chi connectivity index (χ0v) is 13.6. The third kappa shape index (κ3) is 2.71. The third-order valence-electron chi connectivity index (χ3n) is 4.87. The third-order valence-corrected chi connectivity index (χ3v) is 4.87. The standard InChI is InChI=1S/C16H21N5O3/c1-19-8-11(7-17-19)15-6-12(18-24-15)16(23)21-9-13(14(22)10-21)20-4-2-3-5-20/h6-8,13-14,22H,2-5,9-10H2,1H3/t13-,14-/m1/s1. The van der Waals surface area contributed by atoms with Gasteiger partial charge in [0.15, 0.2) is 11.5 Å². The number of carbonyl (C=O) groups excluding carboxylic acids is 1. The minimum absolute atomic E-state index is 0.0288. The quantitative estimate of drug-likeness (QED) is 0.873. The number of likely N-dealkylation sites (tertiary alicyclic amines) is 2. The van der Waals surface area contributed by atoms with Gasteiger partial charge in [-0.2, -0.15) is 5.10 Å². The van der Waals surface area contributed by atoms with Gasteiger partial charge in [0, 0.05) is 32.4 Å². The summed E-state index contributed by atoms with van der Waals surface area (Å²) in [4.78, 5) is 16.6. The highest BCUT2D eigenvalue weighted by Gasteiger charge is 2.39. The highest BCUT2D eigenvalue weighted by Crippen LogP contribution is 2.24. The summed E-state index contributed by atoms with van der Waals surface area (Å²) in [5.41, 5.74) is 1.04. The van der Waals surface area contributed by atoms with Crippen LogP contribution in [0, 0.1) is 0 Å². The summed E-state index contributed by atoms with van der Waals surface area (Å²) in [5, 5.41) is 18.3. The Morgan fingerprint density at radius 3 is 2.83 bits per heavy atom. The van der Waals surface area contributed by atoms with Crippen LogP contribution in [0.25, 0.3) is 11.3 Å². The van der Waals surface area contributed by atoms with Crippen molar-refractivity contribution in [3.05, 3.63) is 24.2 Å². The van der Waals surface area contributed by atoms with E-state index in [0.717, 1.165) is 31.5 Å². The lowest BCUT2D eigenvalue weighted by Gasteiger charge is -2.25. The van der Waals surface area contributed by atoms with Crippen LogP contribution in [0.15, 0.2) is 23.0 Å². The molecule has 1 N–H and O–H groups in total. The number of carbonyl (C=O) groups is 1. The number of aromatic nitrogens is 3. The van der Waals surface area contributed by atoms with E-state index in [0.29, 0.717) is 18.8 Å². The zero-order chi connectivity index (χ0) is 16.7. The fraction of sp³-hybridized carbons (Fsp3) is 0.562. The van der Waals surface area contributed by atoms with Crippen molar-refractivity contribution >= 4 is 5.91 Å². The van der Waals surface area contributed by atoms with E-state index in [1.165, 1.54) is 0 Å². The maximum Gasteiger partial charge on any atom is 0.276 e. The van der Waals surface area contributed by atoms with Gasteiger partial charge in [0.25, 0.3) is 5.91 Å². The lowest BCUT2D eigenvalue weighted by atomic mass is 10.2. The number of amides is 1. The van der Waals surface area contributed by atoms with E-state index in [1.54, 1.807) is 28.0 Å². The van der Waals surface area contributed by atoms with E-state index >= 15 is 0 Å². The molecular weight excluding hydrogens is 310 g/mol. The van der Waals surface area contributed by atoms with Crippen LogP contribution < -0.4 is 0 Å². The predicted octanol–water partition coefficient (Wildman–Crippen LogP) is 0.356. The highest BCUT2D eigenvalue weighted by atomic mass is 16.5. The fourth-order valence-corrected chi connectivity index (χ4v) is 3.59.